The molecule has 0 aliphatic carbocycles. The summed E-state index contributed by atoms with van der Waals surface area (Å²) in [4.78, 5) is 6.22. The molecular weight excluding hydrogens is 253 g/mol. The highest BCUT2D eigenvalue weighted by Gasteiger charge is 2.07. The van der Waals surface area contributed by atoms with Crippen molar-refractivity contribution in [3.05, 3.63) is 59.7 Å². The highest BCUT2D eigenvalue weighted by molar-refractivity contribution is 5.46. The van der Waals surface area contributed by atoms with Gasteiger partial charge in [0.15, 0.2) is 0 Å². The van der Waals surface area contributed by atoms with Gasteiger partial charge in [0, 0.05) is 12.2 Å². The molecule has 3 nitrogen and oxygen atoms in total. The van der Waals surface area contributed by atoms with Crippen molar-refractivity contribution in [1.82, 2.24) is 9.88 Å². The lowest BCUT2D eigenvalue weighted by Crippen LogP contribution is -2.11. The zero-order valence-corrected chi connectivity index (χ0v) is 12.1. The molecule has 4 heteroatoms. The third-order valence-electron chi connectivity index (χ3n) is 3.03. The van der Waals surface area contributed by atoms with Gasteiger partial charge in [0.2, 0.25) is 0 Å². The number of nitrogens with one attached hydrogen (secondary N) is 1. The molecule has 0 bridgehead atoms. The van der Waals surface area contributed by atoms with E-state index in [1.807, 2.05) is 6.92 Å². The molecule has 0 aliphatic rings. The Labute approximate surface area is 119 Å². The third kappa shape index (κ3) is 4.03. The number of hydrogen-bond donors (Lipinski definition) is 1. The first kappa shape index (κ1) is 14.5. The average molecular weight is 273 g/mol. The quantitative estimate of drug-likeness (QED) is 0.904. The molecule has 1 aromatic carbocycles. The van der Waals surface area contributed by atoms with Crippen molar-refractivity contribution in [2.75, 3.05) is 19.4 Å². The van der Waals surface area contributed by atoms with E-state index in [0.717, 1.165) is 17.9 Å². The SMILES string of the molecule is CC(Nc1ccc(CN(C)C)cc1)c1ccc(F)cn1. The Bertz CT molecular complexity index is 535. The number of rotatable bonds is 5. The van der Waals surface area contributed by atoms with Gasteiger partial charge in [0.05, 0.1) is 17.9 Å². The molecule has 20 heavy (non-hydrogen) atoms. The summed E-state index contributed by atoms with van der Waals surface area (Å²) in [5.41, 5.74) is 3.13. The summed E-state index contributed by atoms with van der Waals surface area (Å²) in [6.07, 6.45) is 1.24. The van der Waals surface area contributed by atoms with Crippen molar-refractivity contribution in [3.63, 3.8) is 0 Å². The summed E-state index contributed by atoms with van der Waals surface area (Å²) < 4.78 is 12.8. The number of nitrogens with zero attached hydrogens (tertiary/aromatic N) is 2. The van der Waals surface area contributed by atoms with Crippen LogP contribution in [0.2, 0.25) is 0 Å². The average Bonchev–Trinajstić information content (AvgIpc) is 2.41. The Morgan fingerprint density at radius 3 is 2.40 bits per heavy atom. The zero-order valence-electron chi connectivity index (χ0n) is 12.1. The lowest BCUT2D eigenvalue weighted by atomic mass is 10.1. The van der Waals surface area contributed by atoms with Crippen molar-refractivity contribution in [3.8, 4) is 0 Å². The van der Waals surface area contributed by atoms with E-state index in [2.05, 4.69) is 53.6 Å². The van der Waals surface area contributed by atoms with Crippen molar-refractivity contribution < 1.29 is 4.39 Å². The highest BCUT2D eigenvalue weighted by atomic mass is 19.1. The maximum atomic E-state index is 12.8. The minimum absolute atomic E-state index is 0.0373. The number of benzene rings is 1. The van der Waals surface area contributed by atoms with Gasteiger partial charge in [0.1, 0.15) is 5.82 Å². The normalized spacial score (nSPS) is 12.4. The van der Waals surface area contributed by atoms with Crippen molar-refractivity contribution in [1.29, 1.82) is 0 Å². The molecule has 0 fully saturated rings. The molecule has 0 spiro atoms. The summed E-state index contributed by atoms with van der Waals surface area (Å²) in [5, 5.41) is 3.36. The van der Waals surface area contributed by atoms with Crippen LogP contribution in [0.3, 0.4) is 0 Å². The van der Waals surface area contributed by atoms with Gasteiger partial charge in [-0.2, -0.15) is 0 Å². The van der Waals surface area contributed by atoms with Gasteiger partial charge in [-0.25, -0.2) is 4.39 Å². The summed E-state index contributed by atoms with van der Waals surface area (Å²) in [6.45, 7) is 2.93. The molecule has 0 amide bonds. The monoisotopic (exact) mass is 273 g/mol. The van der Waals surface area contributed by atoms with E-state index >= 15 is 0 Å². The molecule has 0 saturated carbocycles. The number of halogens is 1. The standard InChI is InChI=1S/C16H20FN3/c1-12(16-9-6-14(17)10-18-16)19-15-7-4-13(5-8-15)11-20(2)3/h4-10,12,19H,11H2,1-3H3. The second-order valence-electron chi connectivity index (χ2n) is 5.20. The van der Waals surface area contributed by atoms with Crippen LogP contribution in [0, 0.1) is 5.82 Å². The van der Waals surface area contributed by atoms with Crippen LogP contribution >= 0.6 is 0 Å². The summed E-state index contributed by atoms with van der Waals surface area (Å²) in [6, 6.07) is 11.5. The number of aromatic nitrogens is 1. The molecule has 1 N–H and O–H groups in total. The molecule has 0 radical (unpaired) electrons. The van der Waals surface area contributed by atoms with Gasteiger partial charge in [0.25, 0.3) is 0 Å². The highest BCUT2D eigenvalue weighted by Crippen LogP contribution is 2.18. The molecule has 1 aromatic heterocycles. The van der Waals surface area contributed by atoms with E-state index in [1.165, 1.54) is 17.8 Å². The van der Waals surface area contributed by atoms with E-state index < -0.39 is 0 Å². The minimum Gasteiger partial charge on any atom is -0.377 e. The first-order chi connectivity index (χ1) is 9.54. The fourth-order valence-corrected chi connectivity index (χ4v) is 2.04. The summed E-state index contributed by atoms with van der Waals surface area (Å²) >= 11 is 0. The van der Waals surface area contributed by atoms with E-state index in [9.17, 15) is 4.39 Å². The first-order valence-electron chi connectivity index (χ1n) is 6.66. The minimum atomic E-state index is -0.311. The van der Waals surface area contributed by atoms with Crippen LogP contribution in [-0.4, -0.2) is 24.0 Å². The van der Waals surface area contributed by atoms with Crippen LogP contribution in [0.4, 0.5) is 10.1 Å². The van der Waals surface area contributed by atoms with Crippen LogP contribution in [0.15, 0.2) is 42.6 Å². The molecule has 1 atom stereocenters. The maximum Gasteiger partial charge on any atom is 0.141 e. The number of pyridine rings is 1. The first-order valence-corrected chi connectivity index (χ1v) is 6.66. The lowest BCUT2D eigenvalue weighted by molar-refractivity contribution is 0.402. The van der Waals surface area contributed by atoms with E-state index in [1.54, 1.807) is 6.07 Å². The van der Waals surface area contributed by atoms with Crippen LogP contribution in [0.5, 0.6) is 0 Å². The lowest BCUT2D eigenvalue weighted by Gasteiger charge is -2.15. The van der Waals surface area contributed by atoms with Crippen molar-refractivity contribution >= 4 is 5.69 Å². The zero-order chi connectivity index (χ0) is 14.5. The number of anilines is 1. The Morgan fingerprint density at radius 1 is 1.15 bits per heavy atom. The van der Waals surface area contributed by atoms with Crippen LogP contribution < -0.4 is 5.32 Å². The summed E-state index contributed by atoms with van der Waals surface area (Å²) in [5.74, 6) is -0.311. The van der Waals surface area contributed by atoms with Gasteiger partial charge in [-0.1, -0.05) is 12.1 Å². The Hall–Kier alpha value is -1.94. The molecule has 0 saturated heterocycles. The van der Waals surface area contributed by atoms with Crippen LogP contribution in [0.25, 0.3) is 0 Å². The van der Waals surface area contributed by atoms with Crippen LogP contribution in [0.1, 0.15) is 24.2 Å². The molecule has 2 aromatic rings. The van der Waals surface area contributed by atoms with Crippen molar-refractivity contribution in [2.45, 2.75) is 19.5 Å². The topological polar surface area (TPSA) is 28.2 Å². The van der Waals surface area contributed by atoms with Gasteiger partial charge in [-0.15, -0.1) is 0 Å². The van der Waals surface area contributed by atoms with E-state index in [0.29, 0.717) is 0 Å². The largest absolute Gasteiger partial charge is 0.377 e. The maximum absolute atomic E-state index is 12.8. The fraction of sp³-hybridized carbons (Fsp3) is 0.312. The van der Waals surface area contributed by atoms with Crippen molar-refractivity contribution in [2.24, 2.45) is 0 Å². The van der Waals surface area contributed by atoms with E-state index in [4.69, 9.17) is 0 Å². The number of hydrogen-bond acceptors (Lipinski definition) is 3. The third-order valence-corrected chi connectivity index (χ3v) is 3.03. The predicted molar refractivity (Wildman–Crippen MR) is 80.1 cm³/mol. The Balaban J connectivity index is 2.00. The predicted octanol–water partition coefficient (Wildman–Crippen LogP) is 3.46. The molecule has 1 unspecified atom stereocenters. The van der Waals surface area contributed by atoms with Crippen LogP contribution in [-0.2, 0) is 6.54 Å². The smallest absolute Gasteiger partial charge is 0.141 e. The Morgan fingerprint density at radius 2 is 1.85 bits per heavy atom. The molecule has 0 aliphatic heterocycles. The second-order valence-corrected chi connectivity index (χ2v) is 5.20. The summed E-state index contributed by atoms with van der Waals surface area (Å²) in [7, 11) is 4.10. The van der Waals surface area contributed by atoms with Gasteiger partial charge < -0.3 is 10.2 Å². The molecule has 1 heterocycles. The van der Waals surface area contributed by atoms with Gasteiger partial charge in [-0.3, -0.25) is 4.98 Å². The molecule has 2 rings (SSSR count). The van der Waals surface area contributed by atoms with E-state index in [-0.39, 0.29) is 11.9 Å². The molecule has 106 valence electrons. The fourth-order valence-electron chi connectivity index (χ4n) is 2.04. The Kier molecular flexibility index (Phi) is 4.69. The van der Waals surface area contributed by atoms with Gasteiger partial charge in [-0.05, 0) is 50.8 Å². The van der Waals surface area contributed by atoms with Gasteiger partial charge >= 0.3 is 0 Å². The molecular formula is C16H20FN3. The second kappa shape index (κ2) is 6.48.